The van der Waals surface area contributed by atoms with Crippen LogP contribution in [0.2, 0.25) is 0 Å². The molecule has 0 radical (unpaired) electrons. The molecular weight excluding hydrogens is 256 g/mol. The summed E-state index contributed by atoms with van der Waals surface area (Å²) in [6.07, 6.45) is 7.37. The lowest BCUT2D eigenvalue weighted by Crippen LogP contribution is -2.44. The van der Waals surface area contributed by atoms with Gasteiger partial charge >= 0.3 is 0 Å². The van der Waals surface area contributed by atoms with E-state index in [0.29, 0.717) is 12.2 Å². The smallest absolute Gasteiger partial charge is 0.222 e. The number of hydrogen-bond acceptors (Lipinski definition) is 4. The van der Waals surface area contributed by atoms with Crippen LogP contribution in [0.1, 0.15) is 39.5 Å². The Kier molecular flexibility index (Phi) is 4.32. The summed E-state index contributed by atoms with van der Waals surface area (Å²) in [5.41, 5.74) is 10.8. The number of primary amides is 1. The van der Waals surface area contributed by atoms with Crippen LogP contribution in [0.3, 0.4) is 0 Å². The molecule has 1 aliphatic rings. The first-order valence-corrected chi connectivity index (χ1v) is 7.12. The van der Waals surface area contributed by atoms with Gasteiger partial charge in [0.2, 0.25) is 5.91 Å². The lowest BCUT2D eigenvalue weighted by molar-refractivity contribution is -0.127. The van der Waals surface area contributed by atoms with Crippen LogP contribution < -0.4 is 11.5 Å². The van der Waals surface area contributed by atoms with Gasteiger partial charge in [-0.15, -0.1) is 0 Å². The van der Waals surface area contributed by atoms with Crippen LogP contribution in [0.25, 0.3) is 0 Å². The molecule has 0 aromatic carbocycles. The summed E-state index contributed by atoms with van der Waals surface area (Å²) in [6, 6.07) is 0. The number of rotatable bonds is 5. The molecule has 0 spiro atoms. The zero-order chi connectivity index (χ0) is 14.8. The Balaban J connectivity index is 2.16. The second-order valence-electron chi connectivity index (χ2n) is 6.04. The number of nitrogen functional groups attached to an aromatic ring is 1. The van der Waals surface area contributed by atoms with Crippen molar-refractivity contribution in [2.75, 3.05) is 12.3 Å². The topological polar surface area (TPSA) is 96.2 Å². The van der Waals surface area contributed by atoms with Gasteiger partial charge in [-0.1, -0.05) is 0 Å². The first-order valence-electron chi connectivity index (χ1n) is 7.12. The number of imidazole rings is 1. The van der Waals surface area contributed by atoms with E-state index >= 15 is 0 Å². The molecule has 2 atom stereocenters. The molecule has 1 aromatic heterocycles. The van der Waals surface area contributed by atoms with Crippen LogP contribution in [0.5, 0.6) is 0 Å². The van der Waals surface area contributed by atoms with E-state index in [1.165, 1.54) is 0 Å². The Labute approximate surface area is 119 Å². The minimum atomic E-state index is -0.475. The second kappa shape index (κ2) is 5.83. The van der Waals surface area contributed by atoms with E-state index in [1.54, 1.807) is 12.5 Å². The minimum absolute atomic E-state index is 0.112. The maximum Gasteiger partial charge on any atom is 0.222 e. The van der Waals surface area contributed by atoms with Gasteiger partial charge in [0, 0.05) is 12.8 Å². The Hall–Kier alpha value is -1.56. The van der Waals surface area contributed by atoms with Crippen molar-refractivity contribution in [3.8, 4) is 0 Å². The normalized spacial score (nSPS) is 21.6. The fourth-order valence-electron chi connectivity index (χ4n) is 2.84. The van der Waals surface area contributed by atoms with Gasteiger partial charge in [0.1, 0.15) is 5.82 Å². The highest BCUT2D eigenvalue weighted by Gasteiger charge is 2.37. The molecule has 2 rings (SSSR count). The molecule has 0 bridgehead atoms. The van der Waals surface area contributed by atoms with Crippen molar-refractivity contribution in [2.45, 2.75) is 51.2 Å². The van der Waals surface area contributed by atoms with Crippen molar-refractivity contribution in [1.29, 1.82) is 0 Å². The summed E-state index contributed by atoms with van der Waals surface area (Å²) in [5.74, 6) is -0.189. The van der Waals surface area contributed by atoms with Gasteiger partial charge in [0.05, 0.1) is 23.9 Å². The van der Waals surface area contributed by atoms with Gasteiger partial charge < -0.3 is 20.8 Å². The minimum Gasteiger partial charge on any atom is -0.382 e. The third-order valence-corrected chi connectivity index (χ3v) is 4.24. The largest absolute Gasteiger partial charge is 0.382 e. The van der Waals surface area contributed by atoms with Gasteiger partial charge in [-0.25, -0.2) is 4.98 Å². The van der Waals surface area contributed by atoms with E-state index in [4.69, 9.17) is 16.2 Å². The van der Waals surface area contributed by atoms with Gasteiger partial charge in [-0.2, -0.15) is 0 Å². The van der Waals surface area contributed by atoms with Gasteiger partial charge in [0.25, 0.3) is 0 Å². The van der Waals surface area contributed by atoms with Gasteiger partial charge in [0.15, 0.2) is 0 Å². The SMILES string of the molecule is CC(C)(C(CC1CCCCO1)C(N)=O)n1cnc(N)c1. The van der Waals surface area contributed by atoms with Gasteiger partial charge in [-0.05, 0) is 39.5 Å². The molecule has 2 heterocycles. The zero-order valence-electron chi connectivity index (χ0n) is 12.2. The summed E-state index contributed by atoms with van der Waals surface area (Å²) in [4.78, 5) is 15.9. The number of carbonyl (C=O) groups is 1. The second-order valence-corrected chi connectivity index (χ2v) is 6.04. The fourth-order valence-corrected chi connectivity index (χ4v) is 2.84. The monoisotopic (exact) mass is 280 g/mol. The summed E-state index contributed by atoms with van der Waals surface area (Å²) in [5, 5.41) is 0. The van der Waals surface area contributed by atoms with Crippen LogP contribution in [0.15, 0.2) is 12.5 Å². The third kappa shape index (κ3) is 3.12. The molecular formula is C14H24N4O2. The quantitative estimate of drug-likeness (QED) is 0.848. The Morgan fingerprint density at radius 1 is 1.60 bits per heavy atom. The van der Waals surface area contributed by atoms with E-state index in [9.17, 15) is 4.79 Å². The highest BCUT2D eigenvalue weighted by molar-refractivity contribution is 5.77. The van der Waals surface area contributed by atoms with Crippen LogP contribution in [0.4, 0.5) is 5.82 Å². The number of nitrogens with two attached hydrogens (primary N) is 2. The van der Waals surface area contributed by atoms with E-state index in [0.717, 1.165) is 25.9 Å². The highest BCUT2D eigenvalue weighted by atomic mass is 16.5. The van der Waals surface area contributed by atoms with Crippen molar-refractivity contribution in [1.82, 2.24) is 9.55 Å². The predicted octanol–water partition coefficient (Wildman–Crippen LogP) is 1.26. The molecule has 20 heavy (non-hydrogen) atoms. The number of ether oxygens (including phenoxy) is 1. The Bertz CT molecular complexity index is 463. The van der Waals surface area contributed by atoms with E-state index < -0.39 is 5.54 Å². The molecule has 112 valence electrons. The van der Waals surface area contributed by atoms with Crippen LogP contribution in [0, 0.1) is 5.92 Å². The molecule has 1 aromatic rings. The molecule has 0 saturated carbocycles. The molecule has 6 nitrogen and oxygen atoms in total. The number of amides is 1. The average Bonchev–Trinajstić information content (AvgIpc) is 2.84. The number of anilines is 1. The number of nitrogens with zero attached hydrogens (tertiary/aromatic N) is 2. The van der Waals surface area contributed by atoms with Crippen molar-refractivity contribution in [3.63, 3.8) is 0 Å². The molecule has 1 saturated heterocycles. The van der Waals surface area contributed by atoms with Gasteiger partial charge in [-0.3, -0.25) is 4.79 Å². The molecule has 4 N–H and O–H groups in total. The summed E-state index contributed by atoms with van der Waals surface area (Å²) in [7, 11) is 0. The van der Waals surface area contributed by atoms with Crippen molar-refractivity contribution >= 4 is 11.7 Å². The van der Waals surface area contributed by atoms with Crippen LogP contribution in [-0.4, -0.2) is 28.2 Å². The van der Waals surface area contributed by atoms with Crippen molar-refractivity contribution in [2.24, 2.45) is 11.7 Å². The van der Waals surface area contributed by atoms with E-state index in [2.05, 4.69) is 4.98 Å². The summed E-state index contributed by atoms with van der Waals surface area (Å²) in [6.45, 7) is 4.73. The fraction of sp³-hybridized carbons (Fsp3) is 0.714. The molecule has 1 aliphatic heterocycles. The first kappa shape index (κ1) is 14.8. The number of carbonyl (C=O) groups excluding carboxylic acids is 1. The predicted molar refractivity (Wildman–Crippen MR) is 76.9 cm³/mol. The van der Waals surface area contributed by atoms with Crippen molar-refractivity contribution < 1.29 is 9.53 Å². The molecule has 1 fully saturated rings. The Morgan fingerprint density at radius 2 is 2.35 bits per heavy atom. The third-order valence-electron chi connectivity index (χ3n) is 4.24. The molecule has 2 unspecified atom stereocenters. The lowest BCUT2D eigenvalue weighted by atomic mass is 9.81. The summed E-state index contributed by atoms with van der Waals surface area (Å²) < 4.78 is 7.60. The number of aromatic nitrogens is 2. The van der Waals surface area contributed by atoms with Crippen LogP contribution in [-0.2, 0) is 15.1 Å². The van der Waals surface area contributed by atoms with Crippen LogP contribution >= 0.6 is 0 Å². The average molecular weight is 280 g/mol. The maximum absolute atomic E-state index is 11.9. The van der Waals surface area contributed by atoms with E-state index in [1.807, 2.05) is 18.4 Å². The molecule has 6 heteroatoms. The Morgan fingerprint density at radius 3 is 2.85 bits per heavy atom. The highest BCUT2D eigenvalue weighted by Crippen LogP contribution is 2.32. The van der Waals surface area contributed by atoms with Crippen molar-refractivity contribution in [3.05, 3.63) is 12.5 Å². The standard InChI is InChI=1S/C14H24N4O2/c1-14(2,18-8-12(15)17-9-18)11(13(16)19)7-10-5-3-4-6-20-10/h8-11H,3-7,15H2,1-2H3,(H2,16,19). The molecule has 0 aliphatic carbocycles. The zero-order valence-corrected chi connectivity index (χ0v) is 12.2. The summed E-state index contributed by atoms with van der Waals surface area (Å²) >= 11 is 0. The van der Waals surface area contributed by atoms with E-state index in [-0.39, 0.29) is 17.9 Å². The number of hydrogen-bond donors (Lipinski definition) is 2. The maximum atomic E-state index is 11.9. The lowest BCUT2D eigenvalue weighted by Gasteiger charge is -2.36. The first-order chi connectivity index (χ1) is 9.41. The molecule has 1 amide bonds.